The second-order valence-corrected chi connectivity index (χ2v) is 8.17. The molecule has 1 unspecified atom stereocenters. The Morgan fingerprint density at radius 3 is 2.85 bits per heavy atom. The van der Waals surface area contributed by atoms with Gasteiger partial charge in [0.05, 0.1) is 13.2 Å². The molecule has 2 aliphatic heterocycles. The average molecular weight is 368 g/mol. The second-order valence-electron chi connectivity index (χ2n) is 8.17. The minimum atomic E-state index is -0.119. The summed E-state index contributed by atoms with van der Waals surface area (Å²) in [6.45, 7) is 7.54. The molecule has 0 fully saturated rings. The van der Waals surface area contributed by atoms with Crippen molar-refractivity contribution < 1.29 is 19.3 Å². The van der Waals surface area contributed by atoms with E-state index in [9.17, 15) is 5.11 Å². The molecule has 144 valence electrons. The number of phenols is 1. The summed E-state index contributed by atoms with van der Waals surface area (Å²) in [4.78, 5) is 0. The summed E-state index contributed by atoms with van der Waals surface area (Å²) in [5.41, 5.74) is 3.18. The Morgan fingerprint density at radius 1 is 1.22 bits per heavy atom. The topological polar surface area (TPSA) is 47.9 Å². The van der Waals surface area contributed by atoms with Gasteiger partial charge < -0.3 is 19.3 Å². The highest BCUT2D eigenvalue weighted by Crippen LogP contribution is 2.44. The SMILES string of the molecule is CCCOc1ccc(C2COc3c(ccc4c3CCC(C)(C)O4)C2)c(O)c1. The summed E-state index contributed by atoms with van der Waals surface area (Å²) < 4.78 is 17.9. The fourth-order valence-corrected chi connectivity index (χ4v) is 3.99. The first kappa shape index (κ1) is 18.0. The number of ether oxygens (including phenoxy) is 3. The average Bonchev–Trinajstić information content (AvgIpc) is 2.65. The molecular weight excluding hydrogens is 340 g/mol. The molecule has 4 heteroatoms. The Bertz CT molecular complexity index is 841. The Hall–Kier alpha value is -2.36. The van der Waals surface area contributed by atoms with Crippen molar-refractivity contribution in [3.05, 3.63) is 47.0 Å². The van der Waals surface area contributed by atoms with Crippen molar-refractivity contribution in [2.24, 2.45) is 0 Å². The zero-order valence-corrected chi connectivity index (χ0v) is 16.4. The van der Waals surface area contributed by atoms with Gasteiger partial charge in [-0.05, 0) is 57.2 Å². The standard InChI is InChI=1S/C23H28O4/c1-4-11-25-17-6-7-18(20(24)13-17)16-12-15-5-8-21-19(22(15)26-14-16)9-10-23(2,3)27-21/h5-8,13,16,24H,4,9-12,14H2,1-3H3. The van der Waals surface area contributed by atoms with Crippen LogP contribution in [-0.2, 0) is 12.8 Å². The van der Waals surface area contributed by atoms with Crippen LogP contribution in [0.4, 0.5) is 0 Å². The number of phenolic OH excluding ortho intramolecular Hbond substituents is 1. The third-order valence-corrected chi connectivity index (χ3v) is 5.47. The highest BCUT2D eigenvalue weighted by Gasteiger charge is 2.32. The van der Waals surface area contributed by atoms with E-state index < -0.39 is 0 Å². The molecule has 2 aromatic carbocycles. The number of benzene rings is 2. The van der Waals surface area contributed by atoms with Gasteiger partial charge >= 0.3 is 0 Å². The Labute approximate surface area is 161 Å². The van der Waals surface area contributed by atoms with Crippen LogP contribution in [0, 0.1) is 0 Å². The van der Waals surface area contributed by atoms with Crippen molar-refractivity contribution in [2.45, 2.75) is 58.0 Å². The van der Waals surface area contributed by atoms with Crippen molar-refractivity contribution >= 4 is 0 Å². The van der Waals surface area contributed by atoms with Crippen LogP contribution in [0.15, 0.2) is 30.3 Å². The highest BCUT2D eigenvalue weighted by atomic mass is 16.5. The lowest BCUT2D eigenvalue weighted by atomic mass is 9.86. The van der Waals surface area contributed by atoms with E-state index in [1.165, 1.54) is 11.1 Å². The van der Waals surface area contributed by atoms with E-state index >= 15 is 0 Å². The summed E-state index contributed by atoms with van der Waals surface area (Å²) in [5, 5.41) is 10.5. The summed E-state index contributed by atoms with van der Waals surface area (Å²) in [6, 6.07) is 9.79. The highest BCUT2D eigenvalue weighted by molar-refractivity contribution is 5.54. The second kappa shape index (κ2) is 6.99. The molecule has 0 aromatic heterocycles. The molecule has 0 radical (unpaired) electrons. The smallest absolute Gasteiger partial charge is 0.129 e. The maximum atomic E-state index is 10.5. The zero-order valence-electron chi connectivity index (χ0n) is 16.4. The molecule has 0 spiro atoms. The van der Waals surface area contributed by atoms with Gasteiger partial charge in [0.15, 0.2) is 0 Å². The van der Waals surface area contributed by atoms with E-state index in [1.807, 2.05) is 12.1 Å². The molecule has 2 heterocycles. The largest absolute Gasteiger partial charge is 0.508 e. The first-order valence-electron chi connectivity index (χ1n) is 9.89. The molecule has 0 amide bonds. The third kappa shape index (κ3) is 3.58. The van der Waals surface area contributed by atoms with Gasteiger partial charge in [-0.15, -0.1) is 0 Å². The molecule has 2 aromatic rings. The van der Waals surface area contributed by atoms with Crippen LogP contribution in [0.2, 0.25) is 0 Å². The lowest BCUT2D eigenvalue weighted by Gasteiger charge is -2.35. The number of hydrogen-bond donors (Lipinski definition) is 1. The van der Waals surface area contributed by atoms with Gasteiger partial charge in [-0.1, -0.05) is 19.1 Å². The van der Waals surface area contributed by atoms with Gasteiger partial charge in [-0.3, -0.25) is 0 Å². The molecule has 0 saturated carbocycles. The molecule has 4 rings (SSSR count). The summed E-state index contributed by atoms with van der Waals surface area (Å²) in [7, 11) is 0. The van der Waals surface area contributed by atoms with Crippen molar-refractivity contribution in [1.82, 2.24) is 0 Å². The van der Waals surface area contributed by atoms with E-state index in [2.05, 4.69) is 32.9 Å². The number of rotatable bonds is 4. The molecule has 27 heavy (non-hydrogen) atoms. The van der Waals surface area contributed by atoms with Crippen LogP contribution in [0.25, 0.3) is 0 Å². The number of hydrogen-bond acceptors (Lipinski definition) is 4. The molecule has 1 atom stereocenters. The van der Waals surface area contributed by atoms with Crippen molar-refractivity contribution in [3.63, 3.8) is 0 Å². The van der Waals surface area contributed by atoms with Gasteiger partial charge in [0, 0.05) is 23.1 Å². The van der Waals surface area contributed by atoms with Crippen LogP contribution >= 0.6 is 0 Å². The van der Waals surface area contributed by atoms with E-state index in [4.69, 9.17) is 14.2 Å². The van der Waals surface area contributed by atoms with Crippen LogP contribution in [0.5, 0.6) is 23.0 Å². The Balaban J connectivity index is 1.56. The molecule has 0 bridgehead atoms. The zero-order chi connectivity index (χ0) is 19.0. The minimum Gasteiger partial charge on any atom is -0.508 e. The Kier molecular flexibility index (Phi) is 4.67. The quantitative estimate of drug-likeness (QED) is 0.825. The number of fused-ring (bicyclic) bond motifs is 3. The van der Waals surface area contributed by atoms with Gasteiger partial charge in [-0.2, -0.15) is 0 Å². The Morgan fingerprint density at radius 2 is 2.07 bits per heavy atom. The van der Waals surface area contributed by atoms with E-state index in [-0.39, 0.29) is 17.3 Å². The molecular formula is C23H28O4. The summed E-state index contributed by atoms with van der Waals surface area (Å²) >= 11 is 0. The predicted molar refractivity (Wildman–Crippen MR) is 105 cm³/mol. The summed E-state index contributed by atoms with van der Waals surface area (Å²) in [5.74, 6) is 3.06. The normalized spacial score (nSPS) is 20.0. The van der Waals surface area contributed by atoms with E-state index in [1.54, 1.807) is 6.07 Å². The lowest BCUT2D eigenvalue weighted by molar-refractivity contribution is 0.0826. The fraction of sp³-hybridized carbons (Fsp3) is 0.478. The minimum absolute atomic E-state index is 0.119. The van der Waals surface area contributed by atoms with Crippen LogP contribution in [-0.4, -0.2) is 23.9 Å². The first-order chi connectivity index (χ1) is 13.0. The van der Waals surface area contributed by atoms with E-state index in [0.29, 0.717) is 19.0 Å². The number of aromatic hydroxyl groups is 1. The molecule has 1 N–H and O–H groups in total. The predicted octanol–water partition coefficient (Wildman–Crippen LogP) is 5.00. The van der Waals surface area contributed by atoms with Crippen molar-refractivity contribution in [1.29, 1.82) is 0 Å². The maximum Gasteiger partial charge on any atom is 0.129 e. The third-order valence-electron chi connectivity index (χ3n) is 5.47. The molecule has 0 aliphatic carbocycles. The summed E-state index contributed by atoms with van der Waals surface area (Å²) in [6.07, 6.45) is 3.77. The van der Waals surface area contributed by atoms with Gasteiger partial charge in [0.1, 0.15) is 28.6 Å². The molecule has 2 aliphatic rings. The van der Waals surface area contributed by atoms with Crippen LogP contribution < -0.4 is 14.2 Å². The van der Waals surface area contributed by atoms with Crippen molar-refractivity contribution in [2.75, 3.05) is 13.2 Å². The molecule has 0 saturated heterocycles. The van der Waals surface area contributed by atoms with Crippen molar-refractivity contribution in [3.8, 4) is 23.0 Å². The van der Waals surface area contributed by atoms with Gasteiger partial charge in [0.25, 0.3) is 0 Å². The first-order valence-corrected chi connectivity index (χ1v) is 9.89. The maximum absolute atomic E-state index is 10.5. The molecule has 4 nitrogen and oxygen atoms in total. The monoisotopic (exact) mass is 368 g/mol. The van der Waals surface area contributed by atoms with E-state index in [0.717, 1.165) is 42.7 Å². The van der Waals surface area contributed by atoms with Crippen LogP contribution in [0.3, 0.4) is 0 Å². The van der Waals surface area contributed by atoms with Gasteiger partial charge in [-0.25, -0.2) is 0 Å². The fourth-order valence-electron chi connectivity index (χ4n) is 3.99. The van der Waals surface area contributed by atoms with Crippen LogP contribution in [0.1, 0.15) is 56.2 Å². The van der Waals surface area contributed by atoms with Gasteiger partial charge in [0.2, 0.25) is 0 Å². The lowest BCUT2D eigenvalue weighted by Crippen LogP contribution is -2.33.